The van der Waals surface area contributed by atoms with Crippen molar-refractivity contribution in [2.45, 2.75) is 342 Å². The molecule has 0 unspecified atom stereocenters. The lowest BCUT2D eigenvalue weighted by molar-refractivity contribution is -0.948. The molecule has 0 saturated carbocycles. The van der Waals surface area contributed by atoms with Gasteiger partial charge < -0.3 is 47.4 Å². The number of unbranched alkanes of at least 4 members (excludes halogenated alkanes) is 28. The first-order chi connectivity index (χ1) is 50.3. The summed E-state index contributed by atoms with van der Waals surface area (Å²) in [6.45, 7) is 17.8. The number of likely N-dealkylation sites (tertiary alicyclic amines) is 2. The van der Waals surface area contributed by atoms with Crippen molar-refractivity contribution in [2.24, 2.45) is 0 Å². The second kappa shape index (κ2) is 48.1. The lowest BCUT2D eigenvalue weighted by Gasteiger charge is -2.42. The Bertz CT molecular complexity index is 3570. The normalized spacial score (nSPS) is 16.8. The minimum absolute atomic E-state index is 0. The van der Waals surface area contributed by atoms with E-state index >= 15 is 0 Å². The van der Waals surface area contributed by atoms with Crippen LogP contribution in [0.3, 0.4) is 0 Å². The largest absolute Gasteiger partial charge is 1.00 e. The molecular formula is C85H131F2IN8O8. The highest BCUT2D eigenvalue weighted by Crippen LogP contribution is 2.37. The number of esters is 2. The van der Waals surface area contributed by atoms with Crippen LogP contribution >= 0.6 is 0 Å². The number of fused-ring (bicyclic) bond motifs is 4. The number of aryl methyl sites for hydroxylation is 4. The molecule has 19 heteroatoms. The molecule has 0 aliphatic carbocycles. The topological polar surface area (TPSA) is 178 Å². The first-order valence-electron chi connectivity index (χ1n) is 41.5. The molecule has 10 rings (SSSR count). The first kappa shape index (κ1) is 85.8. The van der Waals surface area contributed by atoms with Crippen LogP contribution in [0.5, 0.6) is 0 Å². The van der Waals surface area contributed by atoms with Gasteiger partial charge in [-0.15, -0.1) is 0 Å². The van der Waals surface area contributed by atoms with Gasteiger partial charge in [-0.05, 0) is 116 Å². The van der Waals surface area contributed by atoms with E-state index in [1.807, 2.05) is 29.9 Å². The minimum atomic E-state index is -0.335. The van der Waals surface area contributed by atoms with Gasteiger partial charge in [0.25, 0.3) is 11.1 Å². The van der Waals surface area contributed by atoms with Crippen LogP contribution in [0.25, 0.3) is 21.9 Å². The van der Waals surface area contributed by atoms with Gasteiger partial charge in [-0.3, -0.25) is 32.8 Å². The third kappa shape index (κ3) is 28.3. The smallest absolute Gasteiger partial charge is 0.310 e. The summed E-state index contributed by atoms with van der Waals surface area (Å²) >= 11 is 0. The predicted octanol–water partition coefficient (Wildman–Crippen LogP) is 17.3. The van der Waals surface area contributed by atoms with Crippen LogP contribution in [0.2, 0.25) is 0 Å². The fraction of sp³-hybridized carbons (Fsp3) is 0.718. The average Bonchev–Trinajstić information content (AvgIpc) is 1.68. The molecule has 2 fully saturated rings. The van der Waals surface area contributed by atoms with Gasteiger partial charge in [0.15, 0.2) is 11.2 Å². The molecule has 0 spiro atoms. The zero-order valence-corrected chi connectivity index (χ0v) is 66.9. The van der Waals surface area contributed by atoms with Gasteiger partial charge in [0.2, 0.25) is 6.73 Å². The van der Waals surface area contributed by atoms with Crippen molar-refractivity contribution in [3.63, 3.8) is 0 Å². The maximum absolute atomic E-state index is 13.8. The molecule has 2 aromatic carbocycles. The highest BCUT2D eigenvalue weighted by Gasteiger charge is 2.38. The van der Waals surface area contributed by atoms with E-state index in [2.05, 4.69) is 29.1 Å². The van der Waals surface area contributed by atoms with Crippen LogP contribution < -0.4 is 35.1 Å². The number of nitrogens with zero attached hydrogens (tertiary/aromatic N) is 8. The number of benzene rings is 2. The summed E-state index contributed by atoms with van der Waals surface area (Å²) in [5.74, 6) is 1.57. The highest BCUT2D eigenvalue weighted by atomic mass is 127. The Kier molecular flexibility index (Phi) is 39.7. The highest BCUT2D eigenvalue weighted by molar-refractivity contribution is 5.80. The third-order valence-electron chi connectivity index (χ3n) is 22.6. The molecular weight excluding hydrogens is 1430 g/mol. The molecule has 4 aromatic heterocycles. The number of hydrogen-bond donors (Lipinski definition) is 0. The molecule has 8 heterocycles. The Morgan fingerprint density at radius 3 is 1.30 bits per heavy atom. The molecule has 16 nitrogen and oxygen atoms in total. The summed E-state index contributed by atoms with van der Waals surface area (Å²) in [4.78, 5) is 62.6. The second-order valence-electron chi connectivity index (χ2n) is 30.7. The van der Waals surface area contributed by atoms with Crippen LogP contribution in [-0.2, 0) is 57.8 Å². The van der Waals surface area contributed by atoms with Crippen molar-refractivity contribution in [1.82, 2.24) is 34.3 Å². The molecule has 0 amide bonds. The van der Waals surface area contributed by atoms with E-state index in [-0.39, 0.29) is 64.6 Å². The number of piperidine rings is 2. The van der Waals surface area contributed by atoms with E-state index in [4.69, 9.17) is 28.5 Å². The van der Waals surface area contributed by atoms with Crippen LogP contribution in [0.4, 0.5) is 8.78 Å². The van der Waals surface area contributed by atoms with Gasteiger partial charge in [0.1, 0.15) is 23.3 Å². The Morgan fingerprint density at radius 2 is 0.885 bits per heavy atom. The zero-order chi connectivity index (χ0) is 72.9. The van der Waals surface area contributed by atoms with E-state index in [0.717, 1.165) is 192 Å². The van der Waals surface area contributed by atoms with Crippen molar-refractivity contribution < 1.29 is 65.3 Å². The number of hydrogen-bond acceptors (Lipinski definition) is 13. The Labute approximate surface area is 638 Å². The maximum atomic E-state index is 13.8. The lowest BCUT2D eigenvalue weighted by Crippen LogP contribution is -3.00. The summed E-state index contributed by atoms with van der Waals surface area (Å²) in [5.41, 5.74) is 6.44. The van der Waals surface area contributed by atoms with Gasteiger partial charge in [-0.1, -0.05) is 204 Å². The molecule has 0 radical (unpaired) electrons. The van der Waals surface area contributed by atoms with Crippen molar-refractivity contribution >= 4 is 33.9 Å². The fourth-order valence-electron chi connectivity index (χ4n) is 16.1. The predicted molar refractivity (Wildman–Crippen MR) is 410 cm³/mol. The van der Waals surface area contributed by atoms with Crippen molar-refractivity contribution in [3.8, 4) is 0 Å². The summed E-state index contributed by atoms with van der Waals surface area (Å²) in [6, 6.07) is 9.23. The van der Waals surface area contributed by atoms with Crippen LogP contribution in [0.15, 0.2) is 55.0 Å². The Hall–Kier alpha value is -5.41. The molecule has 0 N–H and O–H groups in total. The molecule has 0 atom stereocenters. The van der Waals surface area contributed by atoms with Gasteiger partial charge in [-0.25, -0.2) is 18.7 Å². The number of ether oxygens (including phenoxy) is 2. The summed E-state index contributed by atoms with van der Waals surface area (Å²) in [7, 11) is 0. The van der Waals surface area contributed by atoms with E-state index in [1.165, 1.54) is 198 Å². The number of carbonyl (C=O) groups is 2. The number of carbonyl (C=O) groups excluding carboxylic acids is 2. The summed E-state index contributed by atoms with van der Waals surface area (Å²) < 4.78 is 53.3. The quantitative estimate of drug-likeness (QED) is 0.0153. The molecule has 104 heavy (non-hydrogen) atoms. The average molecular weight is 1560 g/mol. The molecule has 0 bridgehead atoms. The fourth-order valence-corrected chi connectivity index (χ4v) is 16.1. The van der Waals surface area contributed by atoms with Gasteiger partial charge in [0, 0.05) is 122 Å². The van der Waals surface area contributed by atoms with Gasteiger partial charge in [-0.2, -0.15) is 0 Å². The molecule has 2 saturated heterocycles. The minimum Gasteiger partial charge on any atom is -1.00 e. The van der Waals surface area contributed by atoms with Crippen LogP contribution in [0, 0.1) is 25.5 Å². The molecule has 6 aromatic rings. The number of rotatable bonds is 43. The number of quaternary nitrogens is 1. The lowest BCUT2D eigenvalue weighted by atomic mass is 9.90. The van der Waals surface area contributed by atoms with E-state index in [1.54, 1.807) is 12.1 Å². The molecule has 4 aliphatic rings. The summed E-state index contributed by atoms with van der Waals surface area (Å²) in [6.07, 6.45) is 51.9. The van der Waals surface area contributed by atoms with Gasteiger partial charge in [0.05, 0.1) is 37.6 Å². The van der Waals surface area contributed by atoms with Crippen molar-refractivity contribution in [1.29, 1.82) is 0 Å². The third-order valence-corrected chi connectivity index (χ3v) is 22.6. The molecule has 580 valence electrons. The second-order valence-corrected chi connectivity index (χ2v) is 30.7. The van der Waals surface area contributed by atoms with Gasteiger partial charge >= 0.3 is 11.9 Å². The monoisotopic (exact) mass is 1560 g/mol. The van der Waals surface area contributed by atoms with E-state index in [0.29, 0.717) is 60.7 Å². The number of halogens is 3. The van der Waals surface area contributed by atoms with Crippen molar-refractivity contribution in [3.05, 3.63) is 114 Å². The SMILES string of the molecule is CCCCCCCCCCCCCCCCCC(=O)OCC.CCCCCCCCCCCCCCCCCC(=O)OC[N+]1(CCc2c(C)nc3n(c2=O)CCCC3)CCC(c2noc3cc(F)ccc23)CC1.Cc1nc2n(c(=O)c1CCN1CCC(c3noc4cc(F)ccc34)CC1)CCCC2.[I-]. The first-order valence-corrected chi connectivity index (χ1v) is 41.5. The molecule has 4 aliphatic heterocycles. The zero-order valence-electron chi connectivity index (χ0n) is 64.8. The standard InChI is InChI=1S/C42H64FN4O4.C23H27FN4O2.C20H40O2.HI/c1-3-4-5-6-7-8-9-10-11-12-13-14-15-16-17-21-40(48)50-32-47(30-26-36-33(2)44-39-20-18-19-27-46(39)42(36)49)28-24-34(25-29-47)41-37-23-22-35(43)31-38(37)51-45-41;1-15-18(23(29)28-10-3-2-4-21(28)25-15)9-13-27-11-7-16(8-12-27)22-19-6-5-17(24)14-20(19)30-26-22;1-3-5-6-7-8-9-10-11-12-13-14-15-16-17-18-19-20(21)22-4-2;/h22-23,31,34H,3-21,24-30,32H2,1-2H3;5-6,14,16H,2-4,7-13H2,1H3;3-19H2,1-2H3;1H/q+1;;;/p-1. The van der Waals surface area contributed by atoms with Crippen molar-refractivity contribution in [2.75, 3.05) is 52.6 Å². The Balaban J connectivity index is 0.000000241. The number of aromatic nitrogens is 6. The summed E-state index contributed by atoms with van der Waals surface area (Å²) in [5, 5.41) is 10.4. The van der Waals surface area contributed by atoms with E-state index < -0.39 is 0 Å². The Morgan fingerprint density at radius 1 is 0.500 bits per heavy atom. The maximum Gasteiger partial charge on any atom is 0.310 e. The van der Waals surface area contributed by atoms with Crippen LogP contribution in [-0.4, -0.2) is 103 Å². The van der Waals surface area contributed by atoms with Crippen LogP contribution in [0.1, 0.15) is 335 Å². The van der Waals surface area contributed by atoms with E-state index in [9.17, 15) is 28.0 Å².